The first-order valence-electron chi connectivity index (χ1n) is 6.16. The minimum absolute atomic E-state index is 0.0665. The fourth-order valence-electron chi connectivity index (χ4n) is 1.99. The molecular weight excluding hydrogens is 248 g/mol. The topological polar surface area (TPSA) is 62.2 Å². The molecule has 1 aliphatic rings. The van der Waals surface area contributed by atoms with Crippen molar-refractivity contribution in [1.29, 1.82) is 0 Å². The van der Waals surface area contributed by atoms with Crippen molar-refractivity contribution in [2.24, 2.45) is 5.92 Å². The predicted molar refractivity (Wildman–Crippen MR) is 71.3 cm³/mol. The lowest BCUT2D eigenvalue weighted by atomic mass is 10.1. The van der Waals surface area contributed by atoms with E-state index in [0.717, 1.165) is 30.6 Å². The van der Waals surface area contributed by atoms with Crippen molar-refractivity contribution in [2.75, 3.05) is 11.9 Å². The summed E-state index contributed by atoms with van der Waals surface area (Å²) in [6.07, 6.45) is 6.38. The number of amides is 1. The van der Waals surface area contributed by atoms with Gasteiger partial charge in [-0.1, -0.05) is 36.0 Å². The molecule has 1 fully saturated rings. The number of carbonyl (C=O) groups is 1. The average molecular weight is 264 g/mol. The normalized spacial score (nSPS) is 15.2. The van der Waals surface area contributed by atoms with Crippen molar-refractivity contribution in [3.05, 3.63) is 11.1 Å². The number of thiazole rings is 1. The number of carbonyl (C=O) groups excluding carboxylic acids is 1. The predicted octanol–water partition coefficient (Wildman–Crippen LogP) is 2.01. The monoisotopic (exact) mass is 264 g/mol. The highest BCUT2D eigenvalue weighted by Crippen LogP contribution is 2.26. The van der Waals surface area contributed by atoms with Crippen LogP contribution in [0.15, 0.2) is 6.20 Å². The molecule has 1 saturated carbocycles. The van der Waals surface area contributed by atoms with E-state index in [2.05, 4.69) is 22.1 Å². The van der Waals surface area contributed by atoms with E-state index >= 15 is 0 Å². The van der Waals surface area contributed by atoms with Crippen molar-refractivity contribution in [2.45, 2.75) is 32.1 Å². The van der Waals surface area contributed by atoms with Crippen LogP contribution in [0.5, 0.6) is 0 Å². The van der Waals surface area contributed by atoms with Crippen LogP contribution in [-0.2, 0) is 4.79 Å². The number of aliphatic hydroxyl groups excluding tert-OH is 1. The summed E-state index contributed by atoms with van der Waals surface area (Å²) in [4.78, 5) is 16.8. The smallest absolute Gasteiger partial charge is 0.229 e. The van der Waals surface area contributed by atoms with Gasteiger partial charge in [-0.2, -0.15) is 0 Å². The summed E-state index contributed by atoms with van der Waals surface area (Å²) in [5.41, 5.74) is 0. The molecule has 2 rings (SSSR count). The van der Waals surface area contributed by atoms with Crippen LogP contribution in [0.1, 0.15) is 37.0 Å². The van der Waals surface area contributed by atoms with Gasteiger partial charge in [0.2, 0.25) is 5.91 Å². The molecule has 0 radical (unpaired) electrons. The Bertz CT molecular complexity index is 467. The first kappa shape index (κ1) is 13.1. The molecular formula is C13H16N2O2S. The Morgan fingerprint density at radius 3 is 3.06 bits per heavy atom. The fourth-order valence-corrected chi connectivity index (χ4v) is 2.68. The molecule has 0 unspecified atom stereocenters. The number of anilines is 1. The van der Waals surface area contributed by atoms with E-state index in [4.69, 9.17) is 5.11 Å². The molecule has 1 heterocycles. The van der Waals surface area contributed by atoms with Gasteiger partial charge in [0.1, 0.15) is 0 Å². The number of nitrogens with one attached hydrogen (secondary N) is 1. The van der Waals surface area contributed by atoms with Crippen molar-refractivity contribution in [3.63, 3.8) is 0 Å². The molecule has 1 aliphatic carbocycles. The summed E-state index contributed by atoms with van der Waals surface area (Å²) in [6.45, 7) is 0.0665. The van der Waals surface area contributed by atoms with Crippen LogP contribution < -0.4 is 5.32 Å². The molecule has 18 heavy (non-hydrogen) atoms. The summed E-state index contributed by atoms with van der Waals surface area (Å²) >= 11 is 1.37. The minimum atomic E-state index is 0.0665. The summed E-state index contributed by atoms with van der Waals surface area (Å²) in [5, 5.41) is 12.1. The lowest BCUT2D eigenvalue weighted by Crippen LogP contribution is -2.19. The highest BCUT2D eigenvalue weighted by molar-refractivity contribution is 7.16. The Kier molecular flexibility index (Phi) is 4.73. The maximum absolute atomic E-state index is 11.9. The van der Waals surface area contributed by atoms with Crippen LogP contribution in [0.4, 0.5) is 5.13 Å². The molecule has 1 aromatic rings. The van der Waals surface area contributed by atoms with E-state index in [9.17, 15) is 4.79 Å². The van der Waals surface area contributed by atoms with Gasteiger partial charge in [-0.15, -0.1) is 0 Å². The lowest BCUT2D eigenvalue weighted by molar-refractivity contribution is -0.119. The highest BCUT2D eigenvalue weighted by atomic mass is 32.1. The molecule has 4 nitrogen and oxygen atoms in total. The molecule has 5 heteroatoms. The first-order chi connectivity index (χ1) is 8.79. The lowest BCUT2D eigenvalue weighted by Gasteiger charge is -2.06. The number of aromatic nitrogens is 1. The summed E-state index contributed by atoms with van der Waals surface area (Å²) < 4.78 is 0. The summed E-state index contributed by atoms with van der Waals surface area (Å²) in [6, 6.07) is 0. The molecule has 0 aliphatic heterocycles. The van der Waals surface area contributed by atoms with Gasteiger partial charge < -0.3 is 10.4 Å². The number of hydrogen-bond acceptors (Lipinski definition) is 4. The molecule has 1 aromatic heterocycles. The third kappa shape index (κ3) is 3.56. The maximum atomic E-state index is 11.9. The third-order valence-corrected chi connectivity index (χ3v) is 3.74. The van der Waals surface area contributed by atoms with E-state index in [1.807, 2.05) is 0 Å². The second-order valence-electron chi connectivity index (χ2n) is 4.28. The van der Waals surface area contributed by atoms with Gasteiger partial charge in [0.15, 0.2) is 5.13 Å². The van der Waals surface area contributed by atoms with Gasteiger partial charge in [-0.3, -0.25) is 4.79 Å². The van der Waals surface area contributed by atoms with Crippen LogP contribution in [0.2, 0.25) is 0 Å². The van der Waals surface area contributed by atoms with E-state index in [-0.39, 0.29) is 18.4 Å². The van der Waals surface area contributed by atoms with Crippen LogP contribution >= 0.6 is 11.3 Å². The van der Waals surface area contributed by atoms with E-state index < -0.39 is 0 Å². The van der Waals surface area contributed by atoms with Crippen LogP contribution in [0, 0.1) is 17.8 Å². The van der Waals surface area contributed by atoms with Crippen molar-refractivity contribution < 1.29 is 9.90 Å². The van der Waals surface area contributed by atoms with Crippen molar-refractivity contribution >= 4 is 22.4 Å². The molecule has 1 amide bonds. The number of aliphatic hydroxyl groups is 1. The quantitative estimate of drug-likeness (QED) is 0.821. The largest absolute Gasteiger partial charge is 0.395 e. The Labute approximate surface area is 110 Å². The Balaban J connectivity index is 1.90. The molecule has 0 aromatic carbocycles. The molecule has 2 N–H and O–H groups in total. The van der Waals surface area contributed by atoms with Crippen molar-refractivity contribution in [1.82, 2.24) is 4.98 Å². The van der Waals surface area contributed by atoms with Crippen LogP contribution in [0.3, 0.4) is 0 Å². The minimum Gasteiger partial charge on any atom is -0.395 e. The molecule has 0 saturated heterocycles. The first-order valence-corrected chi connectivity index (χ1v) is 6.97. The van der Waals surface area contributed by atoms with Gasteiger partial charge >= 0.3 is 0 Å². The third-order valence-electron chi connectivity index (χ3n) is 2.91. The number of nitrogens with zero attached hydrogens (tertiary/aromatic N) is 1. The van der Waals surface area contributed by atoms with Gasteiger partial charge in [-0.25, -0.2) is 4.98 Å². The standard InChI is InChI=1S/C13H16N2O2S/c16-8-4-3-7-11-9-14-13(18-11)15-12(17)10-5-1-2-6-10/h9-10,16H,1-2,4-6,8H2,(H,14,15,17). The van der Waals surface area contributed by atoms with E-state index in [1.54, 1.807) is 6.20 Å². The summed E-state index contributed by atoms with van der Waals surface area (Å²) in [5.74, 6) is 5.97. The number of rotatable bonds is 3. The highest BCUT2D eigenvalue weighted by Gasteiger charge is 2.23. The van der Waals surface area contributed by atoms with Crippen LogP contribution in [-0.4, -0.2) is 22.6 Å². The molecule has 0 bridgehead atoms. The van der Waals surface area contributed by atoms with Gasteiger partial charge in [0, 0.05) is 12.3 Å². The summed E-state index contributed by atoms with van der Waals surface area (Å²) in [7, 11) is 0. The van der Waals surface area contributed by atoms with Crippen molar-refractivity contribution in [3.8, 4) is 11.8 Å². The Morgan fingerprint density at radius 1 is 1.56 bits per heavy atom. The maximum Gasteiger partial charge on any atom is 0.229 e. The zero-order valence-corrected chi connectivity index (χ0v) is 10.9. The second kappa shape index (κ2) is 6.53. The second-order valence-corrected chi connectivity index (χ2v) is 5.31. The fraction of sp³-hybridized carbons (Fsp3) is 0.538. The van der Waals surface area contributed by atoms with Gasteiger partial charge in [-0.05, 0) is 12.8 Å². The van der Waals surface area contributed by atoms with E-state index in [0.29, 0.717) is 11.6 Å². The van der Waals surface area contributed by atoms with Gasteiger partial charge in [0.25, 0.3) is 0 Å². The molecule has 96 valence electrons. The molecule has 0 atom stereocenters. The Hall–Kier alpha value is -1.38. The van der Waals surface area contributed by atoms with E-state index in [1.165, 1.54) is 11.3 Å². The Morgan fingerprint density at radius 2 is 2.33 bits per heavy atom. The van der Waals surface area contributed by atoms with Gasteiger partial charge in [0.05, 0.1) is 17.7 Å². The molecule has 0 spiro atoms. The van der Waals surface area contributed by atoms with Crippen LogP contribution in [0.25, 0.3) is 0 Å². The average Bonchev–Trinajstić information content (AvgIpc) is 3.00. The zero-order valence-electron chi connectivity index (χ0n) is 10.1. The zero-order chi connectivity index (χ0) is 12.8. The SMILES string of the molecule is O=C(Nc1ncc(C#CCCO)s1)C1CCCC1. The number of hydrogen-bond donors (Lipinski definition) is 2.